The number of hydrogen-bond acceptors (Lipinski definition) is 5. The van der Waals surface area contributed by atoms with E-state index in [0.29, 0.717) is 17.8 Å². The second-order valence-electron chi connectivity index (χ2n) is 5.66. The molecule has 0 unspecified atom stereocenters. The number of rotatable bonds is 7. The molecule has 136 valence electrons. The number of nitrogens with one attached hydrogen (secondary N) is 1. The molecule has 2 aromatic heterocycles. The molecule has 0 bridgehead atoms. The van der Waals surface area contributed by atoms with Crippen molar-refractivity contribution in [3.63, 3.8) is 0 Å². The summed E-state index contributed by atoms with van der Waals surface area (Å²) in [7, 11) is 0. The smallest absolute Gasteiger partial charge is 0.328 e. The highest BCUT2D eigenvalue weighted by Crippen LogP contribution is 2.16. The molecule has 3 rings (SSSR count). The monoisotopic (exact) mass is 364 g/mol. The SMILES string of the molecule is O=C(O)C=Cc1cc(C(=O)C=C(O)c2nc[nH]n2)n(Cc2ccccc2)c1. The van der Waals surface area contributed by atoms with Crippen molar-refractivity contribution >= 4 is 23.6 Å². The van der Waals surface area contributed by atoms with E-state index in [9.17, 15) is 14.7 Å². The van der Waals surface area contributed by atoms with E-state index in [0.717, 1.165) is 17.7 Å². The lowest BCUT2D eigenvalue weighted by atomic mass is 10.2. The van der Waals surface area contributed by atoms with E-state index in [2.05, 4.69) is 15.2 Å². The maximum Gasteiger partial charge on any atom is 0.328 e. The summed E-state index contributed by atoms with van der Waals surface area (Å²) in [4.78, 5) is 27.2. The first-order chi connectivity index (χ1) is 13.0. The number of aliphatic hydroxyl groups is 1. The van der Waals surface area contributed by atoms with E-state index < -0.39 is 11.8 Å². The Bertz CT molecular complexity index is 1000. The lowest BCUT2D eigenvalue weighted by Gasteiger charge is -2.07. The number of carbonyl (C=O) groups is 2. The molecule has 0 radical (unpaired) electrons. The Morgan fingerprint density at radius 2 is 1.96 bits per heavy atom. The number of carboxylic acid groups (broad SMARTS) is 1. The van der Waals surface area contributed by atoms with Crippen LogP contribution in [0.25, 0.3) is 11.8 Å². The maximum atomic E-state index is 12.6. The number of ketones is 1. The fourth-order valence-electron chi connectivity index (χ4n) is 2.50. The predicted molar refractivity (Wildman–Crippen MR) is 98.0 cm³/mol. The van der Waals surface area contributed by atoms with Crippen molar-refractivity contribution in [2.24, 2.45) is 0 Å². The van der Waals surface area contributed by atoms with Gasteiger partial charge in [-0.3, -0.25) is 9.89 Å². The molecule has 3 aromatic rings. The Balaban J connectivity index is 1.94. The van der Waals surface area contributed by atoms with Gasteiger partial charge in [0.2, 0.25) is 11.6 Å². The number of hydrogen-bond donors (Lipinski definition) is 3. The van der Waals surface area contributed by atoms with Gasteiger partial charge in [-0.1, -0.05) is 30.3 Å². The van der Waals surface area contributed by atoms with Crippen LogP contribution in [-0.2, 0) is 11.3 Å². The summed E-state index contributed by atoms with van der Waals surface area (Å²) in [6.45, 7) is 0.415. The summed E-state index contributed by atoms with van der Waals surface area (Å²) < 4.78 is 1.70. The van der Waals surface area contributed by atoms with E-state index in [4.69, 9.17) is 5.11 Å². The van der Waals surface area contributed by atoms with Crippen molar-refractivity contribution in [1.29, 1.82) is 0 Å². The topological polar surface area (TPSA) is 121 Å². The highest BCUT2D eigenvalue weighted by atomic mass is 16.4. The summed E-state index contributed by atoms with van der Waals surface area (Å²) in [5, 5.41) is 25.0. The number of nitrogens with zero attached hydrogens (tertiary/aromatic N) is 3. The van der Waals surface area contributed by atoms with Gasteiger partial charge in [-0.2, -0.15) is 5.10 Å². The Kier molecular flexibility index (Phi) is 5.27. The minimum atomic E-state index is -1.08. The van der Waals surface area contributed by atoms with E-state index in [1.807, 2.05) is 30.3 Å². The van der Waals surface area contributed by atoms with Crippen LogP contribution >= 0.6 is 0 Å². The van der Waals surface area contributed by atoms with Gasteiger partial charge >= 0.3 is 5.97 Å². The lowest BCUT2D eigenvalue weighted by molar-refractivity contribution is -0.131. The molecule has 8 heteroatoms. The Labute approximate surface area is 154 Å². The molecule has 2 heterocycles. The highest BCUT2D eigenvalue weighted by molar-refractivity contribution is 6.07. The van der Waals surface area contributed by atoms with E-state index >= 15 is 0 Å². The van der Waals surface area contributed by atoms with Crippen LogP contribution in [0.15, 0.2) is 61.1 Å². The minimum Gasteiger partial charge on any atom is -0.504 e. The van der Waals surface area contributed by atoms with E-state index in [1.54, 1.807) is 16.8 Å². The number of benzene rings is 1. The van der Waals surface area contributed by atoms with Crippen LogP contribution in [0.2, 0.25) is 0 Å². The summed E-state index contributed by atoms with van der Waals surface area (Å²) in [5.74, 6) is -1.89. The summed E-state index contributed by atoms with van der Waals surface area (Å²) >= 11 is 0. The average Bonchev–Trinajstić information content (AvgIpc) is 3.31. The summed E-state index contributed by atoms with van der Waals surface area (Å²) in [6, 6.07) is 11.1. The van der Waals surface area contributed by atoms with Crippen LogP contribution in [0.5, 0.6) is 0 Å². The number of H-pyrrole nitrogens is 1. The molecule has 8 nitrogen and oxygen atoms in total. The van der Waals surface area contributed by atoms with Gasteiger partial charge in [-0.05, 0) is 23.3 Å². The first-order valence-electron chi connectivity index (χ1n) is 7.99. The van der Waals surface area contributed by atoms with Crippen molar-refractivity contribution in [3.8, 4) is 0 Å². The fraction of sp³-hybridized carbons (Fsp3) is 0.0526. The van der Waals surface area contributed by atoms with Crippen molar-refractivity contribution in [3.05, 3.63) is 83.7 Å². The molecule has 1 aromatic carbocycles. The number of carbonyl (C=O) groups excluding carboxylic acids is 1. The van der Waals surface area contributed by atoms with Crippen molar-refractivity contribution in [1.82, 2.24) is 19.7 Å². The lowest BCUT2D eigenvalue weighted by Crippen LogP contribution is -2.08. The third kappa shape index (κ3) is 4.57. The molecule has 0 fully saturated rings. The third-order valence-corrected chi connectivity index (χ3v) is 3.70. The number of aromatic nitrogens is 4. The number of aliphatic hydroxyl groups excluding tert-OH is 1. The van der Waals surface area contributed by atoms with Gasteiger partial charge in [0.15, 0.2) is 5.76 Å². The second-order valence-corrected chi connectivity index (χ2v) is 5.66. The van der Waals surface area contributed by atoms with Crippen LogP contribution in [0, 0.1) is 0 Å². The molecule has 3 N–H and O–H groups in total. The van der Waals surface area contributed by atoms with Crippen LogP contribution < -0.4 is 0 Å². The van der Waals surface area contributed by atoms with Gasteiger partial charge in [-0.25, -0.2) is 9.78 Å². The zero-order chi connectivity index (χ0) is 19.2. The van der Waals surface area contributed by atoms with Crippen LogP contribution in [0.4, 0.5) is 0 Å². The van der Waals surface area contributed by atoms with Crippen LogP contribution in [-0.4, -0.2) is 41.7 Å². The minimum absolute atomic E-state index is 0.00973. The van der Waals surface area contributed by atoms with E-state index in [-0.39, 0.29) is 11.6 Å². The molecule has 0 saturated heterocycles. The predicted octanol–water partition coefficient (Wildman–Crippen LogP) is 2.53. The Hall–Kier alpha value is -3.94. The van der Waals surface area contributed by atoms with Crippen LogP contribution in [0.3, 0.4) is 0 Å². The number of aromatic amines is 1. The molecule has 0 aliphatic rings. The van der Waals surface area contributed by atoms with Gasteiger partial charge in [0.1, 0.15) is 6.33 Å². The zero-order valence-electron chi connectivity index (χ0n) is 14.1. The first-order valence-corrected chi connectivity index (χ1v) is 7.99. The van der Waals surface area contributed by atoms with Crippen LogP contribution in [0.1, 0.15) is 27.4 Å². The highest BCUT2D eigenvalue weighted by Gasteiger charge is 2.14. The molecule has 0 saturated carbocycles. The van der Waals surface area contributed by atoms with Gasteiger partial charge in [0.05, 0.1) is 5.69 Å². The Morgan fingerprint density at radius 1 is 1.19 bits per heavy atom. The summed E-state index contributed by atoms with van der Waals surface area (Å²) in [5.41, 5.74) is 1.83. The second kappa shape index (κ2) is 7.96. The number of allylic oxidation sites excluding steroid dienone is 1. The molecule has 0 amide bonds. The van der Waals surface area contributed by atoms with Gasteiger partial charge in [0.25, 0.3) is 0 Å². The molecule has 27 heavy (non-hydrogen) atoms. The summed E-state index contributed by atoms with van der Waals surface area (Å²) in [6.07, 6.45) is 6.40. The molecule has 0 aliphatic carbocycles. The average molecular weight is 364 g/mol. The molecule has 0 atom stereocenters. The number of aliphatic carboxylic acids is 1. The quantitative estimate of drug-likeness (QED) is 0.336. The first kappa shape index (κ1) is 17.9. The zero-order valence-corrected chi connectivity index (χ0v) is 14.1. The van der Waals surface area contributed by atoms with Crippen molar-refractivity contribution < 1.29 is 19.8 Å². The van der Waals surface area contributed by atoms with E-state index in [1.165, 1.54) is 12.4 Å². The van der Waals surface area contributed by atoms with Gasteiger partial charge in [0, 0.05) is 24.9 Å². The largest absolute Gasteiger partial charge is 0.504 e. The maximum absolute atomic E-state index is 12.6. The standard InChI is InChI=1S/C19H16N4O4/c24-16(9-17(25)19-20-12-21-22-19)15-8-14(6-7-18(26)27)11-23(15)10-13-4-2-1-3-5-13/h1-9,11-12,25H,10H2,(H,26,27)(H,20,21,22). The molecular formula is C19H16N4O4. The van der Waals surface area contributed by atoms with Gasteiger partial charge < -0.3 is 14.8 Å². The third-order valence-electron chi connectivity index (χ3n) is 3.70. The molecule has 0 aliphatic heterocycles. The fourth-order valence-corrected chi connectivity index (χ4v) is 2.50. The van der Waals surface area contributed by atoms with Gasteiger partial charge in [-0.15, -0.1) is 0 Å². The molecular weight excluding hydrogens is 348 g/mol. The molecule has 0 spiro atoms. The van der Waals surface area contributed by atoms with Crippen molar-refractivity contribution in [2.75, 3.05) is 0 Å². The Morgan fingerprint density at radius 3 is 2.63 bits per heavy atom. The van der Waals surface area contributed by atoms with Crippen molar-refractivity contribution in [2.45, 2.75) is 6.54 Å². The number of carboxylic acids is 1. The normalized spacial score (nSPS) is 11.8.